The summed E-state index contributed by atoms with van der Waals surface area (Å²) in [5.74, 6) is 0.00931. The molecule has 2 aromatic carbocycles. The number of carbonyl (C=O) groups is 1. The lowest BCUT2D eigenvalue weighted by molar-refractivity contribution is -0.137. The van der Waals surface area contributed by atoms with Crippen molar-refractivity contribution in [2.75, 3.05) is 7.11 Å². The van der Waals surface area contributed by atoms with Gasteiger partial charge in [0.05, 0.1) is 23.9 Å². The molecule has 1 N–H and O–H groups in total. The average Bonchev–Trinajstić information content (AvgIpc) is 2.97. The summed E-state index contributed by atoms with van der Waals surface area (Å²) in [6, 6.07) is 10.1. The van der Waals surface area contributed by atoms with Crippen LogP contribution in [0.2, 0.25) is 5.02 Å². The van der Waals surface area contributed by atoms with Crippen molar-refractivity contribution in [3.05, 3.63) is 63.5 Å². The van der Waals surface area contributed by atoms with Crippen molar-refractivity contribution in [3.8, 4) is 5.75 Å². The highest BCUT2D eigenvalue weighted by molar-refractivity contribution is 7.21. The number of hydrogen-bond acceptors (Lipinski definition) is 4. The molecule has 0 saturated carbocycles. The molecule has 1 amide bonds. The maximum atomic E-state index is 13.0. The molecule has 3 aromatic rings. The van der Waals surface area contributed by atoms with Crippen LogP contribution in [0, 0.1) is 0 Å². The highest BCUT2D eigenvalue weighted by atomic mass is 35.5. The number of hydrazone groups is 1. The number of amides is 1. The molecular weight excluding hydrogens is 401 g/mol. The van der Waals surface area contributed by atoms with Gasteiger partial charge in [0.25, 0.3) is 5.91 Å². The van der Waals surface area contributed by atoms with Crippen LogP contribution in [0.5, 0.6) is 5.75 Å². The molecule has 27 heavy (non-hydrogen) atoms. The van der Waals surface area contributed by atoms with E-state index in [-0.39, 0.29) is 15.5 Å². The zero-order valence-electron chi connectivity index (χ0n) is 13.8. The number of thiophene rings is 1. The number of carbonyl (C=O) groups excluding carboxylic acids is 1. The maximum Gasteiger partial charge on any atom is 0.417 e. The minimum absolute atomic E-state index is 0.155. The molecule has 0 spiro atoms. The van der Waals surface area contributed by atoms with Crippen LogP contribution in [0.25, 0.3) is 10.1 Å². The van der Waals surface area contributed by atoms with Gasteiger partial charge in [-0.25, -0.2) is 5.43 Å². The maximum absolute atomic E-state index is 13.0. The third-order valence-electron chi connectivity index (χ3n) is 3.68. The lowest BCUT2D eigenvalue weighted by atomic mass is 10.1. The van der Waals surface area contributed by atoms with Crippen LogP contribution >= 0.6 is 22.9 Å². The van der Waals surface area contributed by atoms with Crippen LogP contribution in [-0.4, -0.2) is 19.2 Å². The van der Waals surface area contributed by atoms with E-state index >= 15 is 0 Å². The quantitative estimate of drug-likeness (QED) is 0.464. The molecule has 1 heterocycles. The van der Waals surface area contributed by atoms with Crippen LogP contribution in [0.3, 0.4) is 0 Å². The van der Waals surface area contributed by atoms with Gasteiger partial charge in [0, 0.05) is 15.6 Å². The van der Waals surface area contributed by atoms with Crippen LogP contribution in [-0.2, 0) is 6.18 Å². The molecule has 0 fully saturated rings. The van der Waals surface area contributed by atoms with E-state index in [1.54, 1.807) is 18.2 Å². The fourth-order valence-corrected chi connectivity index (χ4v) is 3.83. The number of benzene rings is 2. The van der Waals surface area contributed by atoms with E-state index < -0.39 is 17.6 Å². The predicted octanol–water partition coefficient (Wildman–Crippen LogP) is 5.35. The Bertz CT molecular complexity index is 1030. The van der Waals surface area contributed by atoms with Gasteiger partial charge in [-0.1, -0.05) is 29.8 Å². The lowest BCUT2D eigenvalue weighted by Gasteiger charge is -2.09. The first kappa shape index (κ1) is 19.2. The van der Waals surface area contributed by atoms with Crippen molar-refractivity contribution in [2.24, 2.45) is 5.10 Å². The number of methoxy groups -OCH3 is 1. The number of halogens is 4. The highest BCUT2D eigenvalue weighted by Crippen LogP contribution is 2.37. The number of ether oxygens (including phenoxy) is 1. The van der Waals surface area contributed by atoms with Crippen LogP contribution in [0.4, 0.5) is 13.2 Å². The number of rotatable bonds is 4. The first-order chi connectivity index (χ1) is 12.8. The minimum atomic E-state index is -4.51. The van der Waals surface area contributed by atoms with Gasteiger partial charge in [0.2, 0.25) is 0 Å². The molecule has 0 unspecified atom stereocenters. The SMILES string of the molecule is COc1ccc2c(Cl)c(C(=O)NN=Cc3ccccc3C(F)(F)F)sc2c1. The van der Waals surface area contributed by atoms with E-state index in [1.807, 2.05) is 0 Å². The summed E-state index contributed by atoms with van der Waals surface area (Å²) in [6.45, 7) is 0. The zero-order chi connectivity index (χ0) is 19.6. The summed E-state index contributed by atoms with van der Waals surface area (Å²) >= 11 is 7.37. The summed E-state index contributed by atoms with van der Waals surface area (Å²) in [5.41, 5.74) is 1.22. The van der Waals surface area contributed by atoms with Gasteiger partial charge in [-0.2, -0.15) is 18.3 Å². The number of fused-ring (bicyclic) bond motifs is 1. The van der Waals surface area contributed by atoms with Gasteiger partial charge < -0.3 is 4.74 Å². The van der Waals surface area contributed by atoms with Gasteiger partial charge in [0.15, 0.2) is 0 Å². The molecule has 0 aliphatic carbocycles. The van der Waals surface area contributed by atoms with Gasteiger partial charge in [0.1, 0.15) is 10.6 Å². The fraction of sp³-hybridized carbons (Fsp3) is 0.111. The van der Waals surface area contributed by atoms with E-state index in [2.05, 4.69) is 10.5 Å². The smallest absolute Gasteiger partial charge is 0.417 e. The molecular formula is C18H12ClF3N2O2S. The largest absolute Gasteiger partial charge is 0.497 e. The van der Waals surface area contributed by atoms with Crippen molar-refractivity contribution >= 4 is 45.1 Å². The summed E-state index contributed by atoms with van der Waals surface area (Å²) in [4.78, 5) is 12.5. The Hall–Kier alpha value is -2.58. The second kappa shape index (κ2) is 7.58. The predicted molar refractivity (Wildman–Crippen MR) is 99.9 cm³/mol. The van der Waals surface area contributed by atoms with Gasteiger partial charge >= 0.3 is 6.18 Å². The first-order valence-corrected chi connectivity index (χ1v) is 8.76. The Kier molecular flexibility index (Phi) is 5.38. The van der Waals surface area contributed by atoms with Crippen molar-refractivity contribution < 1.29 is 22.7 Å². The summed E-state index contributed by atoms with van der Waals surface area (Å²) in [7, 11) is 1.53. The van der Waals surface area contributed by atoms with Gasteiger partial charge in [-0.05, 0) is 24.3 Å². The van der Waals surface area contributed by atoms with Crippen LogP contribution < -0.4 is 10.2 Å². The topological polar surface area (TPSA) is 50.7 Å². The van der Waals surface area contributed by atoms with Crippen molar-refractivity contribution in [1.82, 2.24) is 5.43 Å². The molecule has 9 heteroatoms. The minimum Gasteiger partial charge on any atom is -0.497 e. The average molecular weight is 413 g/mol. The molecule has 0 saturated heterocycles. The first-order valence-electron chi connectivity index (χ1n) is 7.57. The molecule has 0 aliphatic rings. The Morgan fingerprint density at radius 1 is 1.26 bits per heavy atom. The van der Waals surface area contributed by atoms with Crippen molar-refractivity contribution in [3.63, 3.8) is 0 Å². The summed E-state index contributed by atoms with van der Waals surface area (Å²) in [5, 5.41) is 4.57. The van der Waals surface area contributed by atoms with E-state index in [9.17, 15) is 18.0 Å². The summed E-state index contributed by atoms with van der Waals surface area (Å²) in [6.07, 6.45) is -3.56. The number of hydrogen-bond donors (Lipinski definition) is 1. The highest BCUT2D eigenvalue weighted by Gasteiger charge is 2.32. The number of nitrogens with zero attached hydrogens (tertiary/aromatic N) is 1. The molecule has 0 atom stereocenters. The lowest BCUT2D eigenvalue weighted by Crippen LogP contribution is -2.17. The van der Waals surface area contributed by atoms with Crippen LogP contribution in [0.1, 0.15) is 20.8 Å². The third-order valence-corrected chi connectivity index (χ3v) is 5.33. The zero-order valence-corrected chi connectivity index (χ0v) is 15.4. The van der Waals surface area contributed by atoms with Crippen molar-refractivity contribution in [2.45, 2.75) is 6.18 Å². The standard InChI is InChI=1S/C18H12ClF3N2O2S/c1-26-11-6-7-12-14(8-11)27-16(15(12)19)17(25)24-23-9-10-4-2-3-5-13(10)18(20,21)22/h2-9H,1H3,(H,24,25). The van der Waals surface area contributed by atoms with E-state index in [0.29, 0.717) is 11.1 Å². The van der Waals surface area contributed by atoms with Gasteiger partial charge in [-0.3, -0.25) is 4.79 Å². The van der Waals surface area contributed by atoms with E-state index in [1.165, 1.54) is 25.3 Å². The second-order valence-electron chi connectivity index (χ2n) is 5.39. The normalized spacial score (nSPS) is 11.9. The number of alkyl halides is 3. The molecule has 4 nitrogen and oxygen atoms in total. The fourth-order valence-electron chi connectivity index (χ4n) is 2.40. The Morgan fingerprint density at radius 3 is 2.70 bits per heavy atom. The van der Waals surface area contributed by atoms with Crippen molar-refractivity contribution in [1.29, 1.82) is 0 Å². The molecule has 3 rings (SSSR count). The van der Waals surface area contributed by atoms with Crippen LogP contribution in [0.15, 0.2) is 47.6 Å². The third kappa shape index (κ3) is 4.06. The van der Waals surface area contributed by atoms with E-state index in [4.69, 9.17) is 16.3 Å². The Morgan fingerprint density at radius 2 is 2.00 bits per heavy atom. The molecule has 1 aromatic heterocycles. The Labute approximate surface area is 161 Å². The van der Waals surface area contributed by atoms with E-state index in [0.717, 1.165) is 28.3 Å². The van der Waals surface area contributed by atoms with Gasteiger partial charge in [-0.15, -0.1) is 11.3 Å². The molecule has 0 radical (unpaired) electrons. The number of nitrogens with one attached hydrogen (secondary N) is 1. The molecule has 0 bridgehead atoms. The molecule has 0 aliphatic heterocycles. The monoisotopic (exact) mass is 412 g/mol. The Balaban J connectivity index is 1.82. The summed E-state index contributed by atoms with van der Waals surface area (Å²) < 4.78 is 44.7. The second-order valence-corrected chi connectivity index (χ2v) is 6.82. The molecule has 140 valence electrons.